The van der Waals surface area contributed by atoms with Gasteiger partial charge in [-0.1, -0.05) is 0 Å². The van der Waals surface area contributed by atoms with Crippen molar-refractivity contribution < 1.29 is 9.13 Å². The molecule has 2 rings (SSSR count). The highest BCUT2D eigenvalue weighted by atomic mass is 19.1. The molecule has 0 bridgehead atoms. The predicted octanol–water partition coefficient (Wildman–Crippen LogP) is 1.52. The molecule has 0 spiro atoms. The number of ether oxygens (including phenoxy) is 1. The fourth-order valence-corrected chi connectivity index (χ4v) is 0.974. The number of hydrogen-bond donors (Lipinski definition) is 1. The number of rotatable bonds is 3. The lowest BCUT2D eigenvalue weighted by atomic mass is 10.4. The molecule has 0 aliphatic rings. The van der Waals surface area contributed by atoms with Gasteiger partial charge in [-0.3, -0.25) is 5.10 Å². The molecular weight excluding hydrogens is 185 g/mol. The number of aromatic nitrogens is 3. The largest absolute Gasteiger partial charge is 0.486 e. The molecule has 0 aliphatic carbocycles. The Bertz CT molecular complexity index is 385. The van der Waals surface area contributed by atoms with Gasteiger partial charge in [0, 0.05) is 6.20 Å². The van der Waals surface area contributed by atoms with Crippen LogP contribution in [0.15, 0.2) is 30.6 Å². The summed E-state index contributed by atoms with van der Waals surface area (Å²) in [4.78, 5) is 3.46. The van der Waals surface area contributed by atoms with Gasteiger partial charge in [0.1, 0.15) is 12.4 Å². The van der Waals surface area contributed by atoms with Crippen molar-refractivity contribution in [1.82, 2.24) is 15.2 Å². The summed E-state index contributed by atoms with van der Waals surface area (Å²) in [6.07, 6.45) is 2.98. The molecule has 0 fully saturated rings. The first-order valence-corrected chi connectivity index (χ1v) is 4.07. The van der Waals surface area contributed by atoms with Crippen LogP contribution in [0.1, 0.15) is 5.69 Å². The maximum Gasteiger partial charge on any atom is 0.213 e. The molecule has 0 aromatic carbocycles. The third kappa shape index (κ3) is 2.07. The fraction of sp³-hybridized carbons (Fsp3) is 0.111. The molecule has 0 saturated heterocycles. The molecule has 1 N–H and O–H groups in total. The number of nitrogens with one attached hydrogen (secondary N) is 1. The van der Waals surface area contributed by atoms with Gasteiger partial charge in [0.25, 0.3) is 0 Å². The molecule has 0 aliphatic heterocycles. The summed E-state index contributed by atoms with van der Waals surface area (Å²) >= 11 is 0. The van der Waals surface area contributed by atoms with E-state index >= 15 is 0 Å². The summed E-state index contributed by atoms with van der Waals surface area (Å²) in [5.74, 6) is 0.0138. The summed E-state index contributed by atoms with van der Waals surface area (Å²) in [6.45, 7) is 0.368. The number of H-pyrrole nitrogens is 1. The van der Waals surface area contributed by atoms with Gasteiger partial charge in [-0.2, -0.15) is 9.49 Å². The first-order chi connectivity index (χ1) is 6.84. The first-order valence-electron chi connectivity index (χ1n) is 4.07. The minimum Gasteiger partial charge on any atom is -0.486 e. The Morgan fingerprint density at radius 1 is 1.36 bits per heavy atom. The smallest absolute Gasteiger partial charge is 0.213 e. The van der Waals surface area contributed by atoms with Crippen LogP contribution >= 0.6 is 0 Å². The second-order valence-corrected chi connectivity index (χ2v) is 2.69. The van der Waals surface area contributed by atoms with E-state index in [0.717, 1.165) is 5.69 Å². The molecule has 0 amide bonds. The van der Waals surface area contributed by atoms with E-state index in [0.29, 0.717) is 12.4 Å². The average molecular weight is 193 g/mol. The third-order valence-electron chi connectivity index (χ3n) is 1.65. The van der Waals surface area contributed by atoms with Crippen LogP contribution in [-0.4, -0.2) is 15.2 Å². The third-order valence-corrected chi connectivity index (χ3v) is 1.65. The predicted molar refractivity (Wildman–Crippen MR) is 47.1 cm³/mol. The number of aromatic amines is 1. The van der Waals surface area contributed by atoms with Crippen LogP contribution in [0.25, 0.3) is 0 Å². The van der Waals surface area contributed by atoms with Crippen LogP contribution in [0.4, 0.5) is 4.39 Å². The molecule has 2 aromatic rings. The van der Waals surface area contributed by atoms with Crippen LogP contribution in [0.5, 0.6) is 5.75 Å². The quantitative estimate of drug-likeness (QED) is 0.752. The first kappa shape index (κ1) is 8.68. The van der Waals surface area contributed by atoms with Crippen molar-refractivity contribution in [2.24, 2.45) is 0 Å². The Labute approximate surface area is 79.7 Å². The van der Waals surface area contributed by atoms with Gasteiger partial charge in [-0.05, 0) is 18.2 Å². The number of halogens is 1. The fourth-order valence-electron chi connectivity index (χ4n) is 0.974. The summed E-state index contributed by atoms with van der Waals surface area (Å²) in [5.41, 5.74) is 0.856. The zero-order valence-corrected chi connectivity index (χ0v) is 7.27. The molecule has 5 heteroatoms. The molecular formula is C9H8FN3O. The lowest BCUT2D eigenvalue weighted by Crippen LogP contribution is -1.96. The highest BCUT2D eigenvalue weighted by Gasteiger charge is 1.97. The molecule has 2 aromatic heterocycles. The van der Waals surface area contributed by atoms with Crippen molar-refractivity contribution in [1.29, 1.82) is 0 Å². The van der Waals surface area contributed by atoms with Gasteiger partial charge in [0.2, 0.25) is 5.95 Å². The molecule has 0 unspecified atom stereocenters. The van der Waals surface area contributed by atoms with E-state index < -0.39 is 5.95 Å². The highest BCUT2D eigenvalue weighted by Crippen LogP contribution is 2.09. The van der Waals surface area contributed by atoms with Crippen LogP contribution in [0.2, 0.25) is 0 Å². The molecule has 0 radical (unpaired) electrons. The molecule has 2 heterocycles. The lowest BCUT2D eigenvalue weighted by Gasteiger charge is -2.02. The maximum absolute atomic E-state index is 12.4. The zero-order valence-electron chi connectivity index (χ0n) is 7.27. The lowest BCUT2D eigenvalue weighted by molar-refractivity contribution is 0.299. The second kappa shape index (κ2) is 3.87. The highest BCUT2D eigenvalue weighted by molar-refractivity contribution is 5.16. The van der Waals surface area contributed by atoms with Crippen LogP contribution in [-0.2, 0) is 6.61 Å². The van der Waals surface area contributed by atoms with Crippen molar-refractivity contribution in [3.63, 3.8) is 0 Å². The average Bonchev–Trinajstić information content (AvgIpc) is 2.70. The van der Waals surface area contributed by atoms with Crippen molar-refractivity contribution >= 4 is 0 Å². The van der Waals surface area contributed by atoms with Crippen LogP contribution in [0, 0.1) is 5.95 Å². The second-order valence-electron chi connectivity index (χ2n) is 2.69. The van der Waals surface area contributed by atoms with E-state index in [1.807, 2.05) is 0 Å². The van der Waals surface area contributed by atoms with E-state index in [-0.39, 0.29) is 0 Å². The standard InChI is InChI=1S/C9H8FN3O/c10-9-2-1-8(5-11-9)14-6-7-3-4-12-13-7/h1-5H,6H2,(H,12,13). The summed E-state index contributed by atoms with van der Waals surface area (Å²) in [7, 11) is 0. The molecule has 0 saturated carbocycles. The Hall–Kier alpha value is -1.91. The van der Waals surface area contributed by atoms with Crippen molar-refractivity contribution in [3.8, 4) is 5.75 Å². The van der Waals surface area contributed by atoms with Gasteiger partial charge >= 0.3 is 0 Å². The molecule has 4 nitrogen and oxygen atoms in total. The van der Waals surface area contributed by atoms with Gasteiger partial charge in [-0.25, -0.2) is 4.98 Å². The minimum atomic E-state index is -0.515. The van der Waals surface area contributed by atoms with E-state index in [4.69, 9.17) is 4.74 Å². The minimum absolute atomic E-state index is 0.368. The van der Waals surface area contributed by atoms with Crippen molar-refractivity contribution in [2.75, 3.05) is 0 Å². The monoisotopic (exact) mass is 193 g/mol. The van der Waals surface area contributed by atoms with Crippen molar-refractivity contribution in [2.45, 2.75) is 6.61 Å². The van der Waals surface area contributed by atoms with Gasteiger partial charge in [-0.15, -0.1) is 0 Å². The zero-order chi connectivity index (χ0) is 9.80. The van der Waals surface area contributed by atoms with Crippen LogP contribution < -0.4 is 4.74 Å². The summed E-state index contributed by atoms with van der Waals surface area (Å²) in [6, 6.07) is 4.58. The number of pyridine rings is 1. The summed E-state index contributed by atoms with van der Waals surface area (Å²) < 4.78 is 17.7. The Morgan fingerprint density at radius 2 is 2.29 bits per heavy atom. The van der Waals surface area contributed by atoms with E-state index in [2.05, 4.69) is 15.2 Å². The number of hydrogen-bond acceptors (Lipinski definition) is 3. The van der Waals surface area contributed by atoms with Gasteiger partial charge in [0.15, 0.2) is 0 Å². The van der Waals surface area contributed by atoms with Gasteiger partial charge in [0.05, 0.1) is 11.9 Å². The maximum atomic E-state index is 12.4. The SMILES string of the molecule is Fc1ccc(OCc2ccn[nH]2)cn1. The molecule has 0 atom stereocenters. The van der Waals surface area contributed by atoms with E-state index in [1.54, 1.807) is 12.3 Å². The number of nitrogens with zero attached hydrogens (tertiary/aromatic N) is 2. The van der Waals surface area contributed by atoms with Gasteiger partial charge < -0.3 is 4.74 Å². The Kier molecular flexibility index (Phi) is 2.40. The Morgan fingerprint density at radius 3 is 2.93 bits per heavy atom. The van der Waals surface area contributed by atoms with E-state index in [1.165, 1.54) is 18.3 Å². The van der Waals surface area contributed by atoms with Crippen LogP contribution in [0.3, 0.4) is 0 Å². The van der Waals surface area contributed by atoms with E-state index in [9.17, 15) is 4.39 Å². The molecule has 14 heavy (non-hydrogen) atoms. The normalized spacial score (nSPS) is 10.1. The summed E-state index contributed by atoms with van der Waals surface area (Å²) in [5, 5.41) is 6.52. The Balaban J connectivity index is 1.95. The topological polar surface area (TPSA) is 50.8 Å². The molecule has 72 valence electrons. The van der Waals surface area contributed by atoms with Crippen molar-refractivity contribution in [3.05, 3.63) is 42.2 Å².